The van der Waals surface area contributed by atoms with Crippen molar-refractivity contribution in [2.24, 2.45) is 5.73 Å². The molecule has 38 heavy (non-hydrogen) atoms. The minimum atomic E-state index is 0.747. The van der Waals surface area contributed by atoms with Gasteiger partial charge in [-0.3, -0.25) is 0 Å². The normalized spacial score (nSPS) is 11.9. The minimum absolute atomic E-state index is 0.747. The summed E-state index contributed by atoms with van der Waals surface area (Å²) in [7, 11) is 0. The molecule has 0 bridgehead atoms. The Kier molecular flexibility index (Phi) is 12.1. The van der Waals surface area contributed by atoms with Gasteiger partial charge in [0.15, 0.2) is 0 Å². The molecule has 0 radical (unpaired) electrons. The molecule has 0 heterocycles. The number of aryl methyl sites for hydroxylation is 4. The fourth-order valence-corrected chi connectivity index (χ4v) is 5.18. The number of hydrogen-bond acceptors (Lipinski definition) is 3. The van der Waals surface area contributed by atoms with Gasteiger partial charge < -0.3 is 16.4 Å². The summed E-state index contributed by atoms with van der Waals surface area (Å²) in [5, 5.41) is 7.32. The topological polar surface area (TPSA) is 50.1 Å². The lowest BCUT2D eigenvalue weighted by Crippen LogP contribution is -2.20. The Morgan fingerprint density at radius 3 is 1.79 bits per heavy atom. The molecular weight excluding hydrogens is 462 g/mol. The summed E-state index contributed by atoms with van der Waals surface area (Å²) in [6.07, 6.45) is 6.34. The van der Waals surface area contributed by atoms with Crippen LogP contribution in [0.2, 0.25) is 0 Å². The van der Waals surface area contributed by atoms with E-state index in [0.717, 1.165) is 64.7 Å². The first-order valence-corrected chi connectivity index (χ1v) is 14.7. The van der Waals surface area contributed by atoms with Gasteiger partial charge in [0.25, 0.3) is 0 Å². The highest BCUT2D eigenvalue weighted by Crippen LogP contribution is 2.28. The van der Waals surface area contributed by atoms with Crippen molar-refractivity contribution in [2.45, 2.75) is 79.7 Å². The Morgan fingerprint density at radius 2 is 1.21 bits per heavy atom. The van der Waals surface area contributed by atoms with Crippen LogP contribution in [0.1, 0.15) is 85.5 Å². The minimum Gasteiger partial charge on any atom is -0.380 e. The van der Waals surface area contributed by atoms with Crippen LogP contribution >= 0.6 is 0 Å². The van der Waals surface area contributed by atoms with E-state index in [1.165, 1.54) is 55.8 Å². The fraction of sp³-hybridized carbons (Fsp3) is 0.429. The molecule has 0 saturated heterocycles. The van der Waals surface area contributed by atoms with Crippen LogP contribution in [0.25, 0.3) is 11.3 Å². The van der Waals surface area contributed by atoms with Crippen LogP contribution < -0.4 is 16.4 Å². The zero-order valence-corrected chi connectivity index (χ0v) is 24.4. The number of allylic oxidation sites excluding steroid dienone is 1. The van der Waals surface area contributed by atoms with Crippen molar-refractivity contribution in [2.75, 3.05) is 19.6 Å². The first-order chi connectivity index (χ1) is 18.5. The van der Waals surface area contributed by atoms with Crippen molar-refractivity contribution in [1.29, 1.82) is 0 Å². The smallest absolute Gasteiger partial charge is 0.0452 e. The molecule has 3 aromatic carbocycles. The van der Waals surface area contributed by atoms with Gasteiger partial charge in [0, 0.05) is 12.2 Å². The van der Waals surface area contributed by atoms with E-state index in [1.54, 1.807) is 0 Å². The van der Waals surface area contributed by atoms with Crippen LogP contribution in [0.15, 0.2) is 60.7 Å². The molecule has 0 amide bonds. The second kappa shape index (κ2) is 15.5. The van der Waals surface area contributed by atoms with Crippen LogP contribution in [0.5, 0.6) is 0 Å². The average molecular weight is 512 g/mol. The van der Waals surface area contributed by atoms with Gasteiger partial charge in [0.1, 0.15) is 0 Å². The molecule has 4 N–H and O–H groups in total. The summed E-state index contributed by atoms with van der Waals surface area (Å²) in [5.41, 5.74) is 19.1. The van der Waals surface area contributed by atoms with E-state index in [2.05, 4.69) is 106 Å². The van der Waals surface area contributed by atoms with Gasteiger partial charge in [0.2, 0.25) is 0 Å². The summed E-state index contributed by atoms with van der Waals surface area (Å²) >= 11 is 0. The molecule has 3 aromatic rings. The SMILES string of the molecule is CCc1ccc(/C(C)=C(/NCc2ccc(CCNCCCN)cc2)c2ccc(CC)c(CC)c2)cc1CC. The van der Waals surface area contributed by atoms with E-state index in [-0.39, 0.29) is 0 Å². The van der Waals surface area contributed by atoms with E-state index in [9.17, 15) is 0 Å². The highest BCUT2D eigenvalue weighted by atomic mass is 14.9. The van der Waals surface area contributed by atoms with Gasteiger partial charge >= 0.3 is 0 Å². The van der Waals surface area contributed by atoms with Crippen LogP contribution in [0.4, 0.5) is 0 Å². The molecule has 3 rings (SSSR count). The maximum absolute atomic E-state index is 5.58. The zero-order valence-electron chi connectivity index (χ0n) is 24.4. The van der Waals surface area contributed by atoms with Crippen LogP contribution in [-0.2, 0) is 38.6 Å². The summed E-state index contributed by atoms with van der Waals surface area (Å²) in [5.74, 6) is 0. The van der Waals surface area contributed by atoms with Crippen molar-refractivity contribution in [3.05, 3.63) is 105 Å². The molecule has 0 aromatic heterocycles. The Hall–Kier alpha value is -2.88. The molecule has 0 unspecified atom stereocenters. The number of benzene rings is 3. The molecule has 0 fully saturated rings. The van der Waals surface area contributed by atoms with Crippen LogP contribution in [-0.4, -0.2) is 19.6 Å². The maximum atomic E-state index is 5.58. The van der Waals surface area contributed by atoms with Gasteiger partial charge in [-0.05, 0) is 121 Å². The summed E-state index contributed by atoms with van der Waals surface area (Å²) in [4.78, 5) is 0. The van der Waals surface area contributed by atoms with Crippen molar-refractivity contribution in [3.63, 3.8) is 0 Å². The first-order valence-electron chi connectivity index (χ1n) is 14.7. The molecule has 0 aliphatic heterocycles. The number of rotatable bonds is 15. The maximum Gasteiger partial charge on any atom is 0.0452 e. The van der Waals surface area contributed by atoms with Crippen molar-refractivity contribution in [1.82, 2.24) is 10.6 Å². The molecule has 3 nitrogen and oxygen atoms in total. The Balaban J connectivity index is 1.87. The van der Waals surface area contributed by atoms with E-state index in [1.807, 2.05) is 0 Å². The average Bonchev–Trinajstić information content (AvgIpc) is 2.97. The van der Waals surface area contributed by atoms with Crippen LogP contribution in [0.3, 0.4) is 0 Å². The van der Waals surface area contributed by atoms with E-state index < -0.39 is 0 Å². The van der Waals surface area contributed by atoms with Gasteiger partial charge in [-0.2, -0.15) is 0 Å². The number of nitrogens with one attached hydrogen (secondary N) is 2. The number of nitrogens with two attached hydrogens (primary N) is 1. The molecule has 0 aliphatic rings. The van der Waals surface area contributed by atoms with Gasteiger partial charge in [-0.25, -0.2) is 0 Å². The second-order valence-corrected chi connectivity index (χ2v) is 10.2. The molecule has 204 valence electrons. The Bertz CT molecular complexity index is 1170. The summed E-state index contributed by atoms with van der Waals surface area (Å²) in [6, 6.07) is 23.1. The second-order valence-electron chi connectivity index (χ2n) is 10.2. The quantitative estimate of drug-likeness (QED) is 0.151. The predicted octanol–water partition coefficient (Wildman–Crippen LogP) is 7.10. The van der Waals surface area contributed by atoms with E-state index >= 15 is 0 Å². The first kappa shape index (κ1) is 29.7. The molecule has 0 saturated carbocycles. The third-order valence-electron chi connectivity index (χ3n) is 7.67. The highest BCUT2D eigenvalue weighted by Gasteiger charge is 2.12. The summed E-state index contributed by atoms with van der Waals surface area (Å²) in [6.45, 7) is 14.8. The lowest BCUT2D eigenvalue weighted by molar-refractivity contribution is 0.653. The monoisotopic (exact) mass is 511 g/mol. The van der Waals surface area contributed by atoms with Gasteiger partial charge in [-0.15, -0.1) is 0 Å². The molecule has 0 spiro atoms. The number of hydrogen-bond donors (Lipinski definition) is 3. The zero-order chi connectivity index (χ0) is 27.3. The molecule has 3 heteroatoms. The fourth-order valence-electron chi connectivity index (χ4n) is 5.18. The lowest BCUT2D eigenvalue weighted by Gasteiger charge is -2.19. The largest absolute Gasteiger partial charge is 0.380 e. The van der Waals surface area contributed by atoms with Gasteiger partial charge in [-0.1, -0.05) is 82.3 Å². The van der Waals surface area contributed by atoms with Crippen molar-refractivity contribution >= 4 is 11.3 Å². The van der Waals surface area contributed by atoms with Crippen molar-refractivity contribution < 1.29 is 0 Å². The summed E-state index contributed by atoms with van der Waals surface area (Å²) < 4.78 is 0. The lowest BCUT2D eigenvalue weighted by atomic mass is 9.93. The Morgan fingerprint density at radius 1 is 0.658 bits per heavy atom. The van der Waals surface area contributed by atoms with Crippen LogP contribution in [0, 0.1) is 0 Å². The predicted molar refractivity (Wildman–Crippen MR) is 166 cm³/mol. The van der Waals surface area contributed by atoms with Gasteiger partial charge in [0.05, 0.1) is 0 Å². The van der Waals surface area contributed by atoms with E-state index in [4.69, 9.17) is 5.73 Å². The van der Waals surface area contributed by atoms with E-state index in [0.29, 0.717) is 0 Å². The molecule has 0 atom stereocenters. The Labute approximate surface area is 231 Å². The van der Waals surface area contributed by atoms with Crippen molar-refractivity contribution in [3.8, 4) is 0 Å². The molecular formula is C35H49N3. The third kappa shape index (κ3) is 8.06. The highest BCUT2D eigenvalue weighted by molar-refractivity contribution is 5.89. The molecule has 0 aliphatic carbocycles. The standard InChI is InChI=1S/C35H49N3/c1-6-29-15-17-33(23-31(29)8-3)26(5)35(34-18-16-30(7-2)32(9-4)24-34)38-25-28-13-11-27(12-14-28)19-22-37-21-10-20-36/h11-18,23-24,37-38H,6-10,19-22,25,36H2,1-5H3/b35-26+. The third-order valence-corrected chi connectivity index (χ3v) is 7.67.